The van der Waals surface area contributed by atoms with E-state index in [1.165, 1.54) is 0 Å². The minimum absolute atomic E-state index is 0.148. The first kappa shape index (κ1) is 16.1. The van der Waals surface area contributed by atoms with Crippen LogP contribution in [-0.2, 0) is 29.0 Å². The van der Waals surface area contributed by atoms with Gasteiger partial charge in [-0.15, -0.1) is 0 Å². The zero-order chi connectivity index (χ0) is 14.3. The Morgan fingerprint density at radius 1 is 0.700 bits per heavy atom. The van der Waals surface area contributed by atoms with Crippen LogP contribution in [0.5, 0.6) is 0 Å². The molecule has 2 heterocycles. The van der Waals surface area contributed by atoms with E-state index in [1.807, 2.05) is 0 Å². The van der Waals surface area contributed by atoms with Crippen molar-refractivity contribution in [3.63, 3.8) is 0 Å². The SMILES string of the molecule is CCC1(COOCCOOCC2(CC)COC2)COC1. The van der Waals surface area contributed by atoms with Crippen LogP contribution in [0.3, 0.4) is 0 Å². The molecule has 6 nitrogen and oxygen atoms in total. The number of ether oxygens (including phenoxy) is 2. The Morgan fingerprint density at radius 3 is 1.35 bits per heavy atom. The van der Waals surface area contributed by atoms with E-state index in [0.717, 1.165) is 39.3 Å². The molecule has 0 bridgehead atoms. The molecule has 2 rings (SSSR count). The van der Waals surface area contributed by atoms with Crippen LogP contribution in [-0.4, -0.2) is 52.9 Å². The van der Waals surface area contributed by atoms with Gasteiger partial charge >= 0.3 is 0 Å². The van der Waals surface area contributed by atoms with E-state index in [9.17, 15) is 0 Å². The summed E-state index contributed by atoms with van der Waals surface area (Å²) in [4.78, 5) is 20.6. The summed E-state index contributed by atoms with van der Waals surface area (Å²) in [6.07, 6.45) is 2.08. The second-order valence-corrected chi connectivity index (χ2v) is 5.86. The first-order chi connectivity index (χ1) is 9.74. The van der Waals surface area contributed by atoms with Gasteiger partial charge in [-0.05, 0) is 12.8 Å². The van der Waals surface area contributed by atoms with Gasteiger partial charge in [0.05, 0.1) is 39.6 Å². The summed E-state index contributed by atoms with van der Waals surface area (Å²) < 4.78 is 10.4. The van der Waals surface area contributed by atoms with Crippen LogP contribution in [0.15, 0.2) is 0 Å². The lowest BCUT2D eigenvalue weighted by molar-refractivity contribution is -0.366. The maximum absolute atomic E-state index is 5.21. The van der Waals surface area contributed by atoms with E-state index >= 15 is 0 Å². The molecule has 6 heteroatoms. The Morgan fingerprint density at radius 2 is 1.10 bits per heavy atom. The van der Waals surface area contributed by atoms with Crippen molar-refractivity contribution in [2.45, 2.75) is 26.7 Å². The summed E-state index contributed by atoms with van der Waals surface area (Å²) in [5.41, 5.74) is 0.296. The summed E-state index contributed by atoms with van der Waals surface area (Å²) in [5, 5.41) is 0. The second-order valence-electron chi connectivity index (χ2n) is 5.86. The van der Waals surface area contributed by atoms with Gasteiger partial charge in [-0.1, -0.05) is 13.8 Å². The summed E-state index contributed by atoms with van der Waals surface area (Å²) in [5.74, 6) is 0. The van der Waals surface area contributed by atoms with E-state index in [1.54, 1.807) is 0 Å². The van der Waals surface area contributed by atoms with Crippen molar-refractivity contribution in [1.82, 2.24) is 0 Å². The minimum Gasteiger partial charge on any atom is -0.380 e. The Kier molecular flexibility index (Phi) is 6.20. The van der Waals surface area contributed by atoms with Crippen molar-refractivity contribution in [3.8, 4) is 0 Å². The maximum atomic E-state index is 5.21. The normalized spacial score (nSPS) is 23.1. The van der Waals surface area contributed by atoms with E-state index in [0.29, 0.717) is 26.4 Å². The topological polar surface area (TPSA) is 55.4 Å². The molecule has 0 radical (unpaired) electrons. The Hall–Kier alpha value is -0.240. The smallest absolute Gasteiger partial charge is 0.109 e. The van der Waals surface area contributed by atoms with Gasteiger partial charge in [0.1, 0.15) is 13.2 Å². The number of rotatable bonds is 11. The summed E-state index contributed by atoms with van der Waals surface area (Å²) in [7, 11) is 0. The molecule has 0 saturated carbocycles. The molecule has 0 unspecified atom stereocenters. The van der Waals surface area contributed by atoms with Gasteiger partial charge in [-0.2, -0.15) is 0 Å². The van der Waals surface area contributed by atoms with Crippen molar-refractivity contribution in [2.24, 2.45) is 10.8 Å². The Bertz CT molecular complexity index is 236. The molecule has 0 aromatic carbocycles. The Labute approximate surface area is 120 Å². The highest BCUT2D eigenvalue weighted by Crippen LogP contribution is 2.32. The quantitative estimate of drug-likeness (QED) is 0.328. The highest BCUT2D eigenvalue weighted by molar-refractivity contribution is 4.84. The molecule has 0 spiro atoms. The van der Waals surface area contributed by atoms with Gasteiger partial charge in [-0.3, -0.25) is 0 Å². The van der Waals surface area contributed by atoms with Crippen LogP contribution in [0.2, 0.25) is 0 Å². The summed E-state index contributed by atoms with van der Waals surface area (Å²) in [6, 6.07) is 0. The minimum atomic E-state index is 0.148. The molecule has 0 N–H and O–H groups in total. The highest BCUT2D eigenvalue weighted by Gasteiger charge is 2.38. The van der Waals surface area contributed by atoms with Gasteiger partial charge in [0.25, 0.3) is 0 Å². The summed E-state index contributed by atoms with van der Waals surface area (Å²) in [6.45, 7) is 9.16. The summed E-state index contributed by atoms with van der Waals surface area (Å²) >= 11 is 0. The molecule has 2 fully saturated rings. The molecule has 0 aliphatic carbocycles. The molecular weight excluding hydrogens is 264 g/mol. The zero-order valence-corrected chi connectivity index (χ0v) is 12.5. The fraction of sp³-hybridized carbons (Fsp3) is 1.00. The van der Waals surface area contributed by atoms with E-state index in [-0.39, 0.29) is 10.8 Å². The lowest BCUT2D eigenvalue weighted by Crippen LogP contribution is -2.46. The molecule has 0 atom stereocenters. The Balaban J connectivity index is 1.40. The standard InChI is InChI=1S/C14H26O6/c1-3-13(7-15-8-13)11-19-17-5-6-18-20-12-14(4-2)9-16-10-14/h3-12H2,1-2H3. The third-order valence-electron chi connectivity index (χ3n) is 4.28. The lowest BCUT2D eigenvalue weighted by Gasteiger charge is -2.39. The molecule has 0 aromatic heterocycles. The molecule has 0 amide bonds. The van der Waals surface area contributed by atoms with Crippen LogP contribution in [0.4, 0.5) is 0 Å². The third-order valence-corrected chi connectivity index (χ3v) is 4.28. The first-order valence-electron chi connectivity index (χ1n) is 7.39. The van der Waals surface area contributed by atoms with E-state index < -0.39 is 0 Å². The van der Waals surface area contributed by atoms with Gasteiger partial charge < -0.3 is 9.47 Å². The molecule has 2 aliphatic heterocycles. The molecule has 2 aliphatic rings. The predicted molar refractivity (Wildman–Crippen MR) is 70.9 cm³/mol. The molecule has 20 heavy (non-hydrogen) atoms. The average Bonchev–Trinajstić information content (AvgIpc) is 2.38. The van der Waals surface area contributed by atoms with Crippen molar-refractivity contribution in [3.05, 3.63) is 0 Å². The van der Waals surface area contributed by atoms with Crippen molar-refractivity contribution in [2.75, 3.05) is 52.9 Å². The number of hydrogen-bond acceptors (Lipinski definition) is 6. The fourth-order valence-corrected chi connectivity index (χ4v) is 2.08. The van der Waals surface area contributed by atoms with E-state index in [4.69, 9.17) is 29.0 Å². The third kappa shape index (κ3) is 4.13. The molecule has 118 valence electrons. The average molecular weight is 290 g/mol. The van der Waals surface area contributed by atoms with Crippen LogP contribution < -0.4 is 0 Å². The van der Waals surface area contributed by atoms with Crippen LogP contribution in [0, 0.1) is 10.8 Å². The van der Waals surface area contributed by atoms with Crippen LogP contribution in [0.1, 0.15) is 26.7 Å². The largest absolute Gasteiger partial charge is 0.380 e. The second kappa shape index (κ2) is 7.68. The molecular formula is C14H26O6. The number of hydrogen-bond donors (Lipinski definition) is 0. The van der Waals surface area contributed by atoms with Crippen molar-refractivity contribution >= 4 is 0 Å². The predicted octanol–water partition coefficient (Wildman–Crippen LogP) is 1.74. The van der Waals surface area contributed by atoms with Crippen LogP contribution >= 0.6 is 0 Å². The molecule has 0 aromatic rings. The van der Waals surface area contributed by atoms with Crippen molar-refractivity contribution < 1.29 is 29.0 Å². The fourth-order valence-electron chi connectivity index (χ4n) is 2.08. The first-order valence-corrected chi connectivity index (χ1v) is 7.39. The van der Waals surface area contributed by atoms with Gasteiger partial charge in [-0.25, -0.2) is 19.6 Å². The lowest BCUT2D eigenvalue weighted by atomic mass is 9.84. The highest BCUT2D eigenvalue weighted by atomic mass is 17.2. The van der Waals surface area contributed by atoms with E-state index in [2.05, 4.69) is 13.8 Å². The molecule has 2 saturated heterocycles. The van der Waals surface area contributed by atoms with Crippen LogP contribution in [0.25, 0.3) is 0 Å². The maximum Gasteiger partial charge on any atom is 0.109 e. The monoisotopic (exact) mass is 290 g/mol. The zero-order valence-electron chi connectivity index (χ0n) is 12.5. The van der Waals surface area contributed by atoms with Gasteiger partial charge in [0, 0.05) is 10.8 Å². The van der Waals surface area contributed by atoms with Gasteiger partial charge in [0.15, 0.2) is 0 Å². The van der Waals surface area contributed by atoms with Crippen molar-refractivity contribution in [1.29, 1.82) is 0 Å². The van der Waals surface area contributed by atoms with Gasteiger partial charge in [0.2, 0.25) is 0 Å².